The van der Waals surface area contributed by atoms with Gasteiger partial charge < -0.3 is 4.74 Å². The van der Waals surface area contributed by atoms with Crippen LogP contribution in [0.2, 0.25) is 0 Å². The van der Waals surface area contributed by atoms with E-state index in [-0.39, 0.29) is 0 Å². The highest BCUT2D eigenvalue weighted by molar-refractivity contribution is 5.39. The summed E-state index contributed by atoms with van der Waals surface area (Å²) in [4.78, 5) is 8.50. The molecule has 25 heavy (non-hydrogen) atoms. The van der Waals surface area contributed by atoms with Crippen LogP contribution in [0.15, 0.2) is 36.7 Å². The van der Waals surface area contributed by atoms with Crippen molar-refractivity contribution in [2.24, 2.45) is 0 Å². The Hall–Kier alpha value is -2.34. The summed E-state index contributed by atoms with van der Waals surface area (Å²) in [6.45, 7) is 5.12. The van der Waals surface area contributed by atoms with Crippen LogP contribution in [0.1, 0.15) is 69.3 Å². The van der Waals surface area contributed by atoms with Crippen molar-refractivity contribution in [2.45, 2.75) is 58.8 Å². The number of ether oxygens (including phenoxy) is 1. The molecule has 0 aliphatic rings. The summed E-state index contributed by atoms with van der Waals surface area (Å²) in [5.41, 5.74) is 2.36. The van der Waals surface area contributed by atoms with E-state index < -0.39 is 0 Å². The molecule has 1 aromatic heterocycles. The molecule has 3 heteroatoms. The van der Waals surface area contributed by atoms with Crippen LogP contribution >= 0.6 is 0 Å². The number of aryl methyl sites for hydroxylation is 1. The number of unbranched alkanes of at least 4 members (excludes halogenated alkanes) is 4. The molecule has 0 saturated carbocycles. The van der Waals surface area contributed by atoms with Crippen LogP contribution in [0.25, 0.3) is 0 Å². The standard InChI is InChI=1S/C22H28N2O/c1-3-5-7-9-19-10-12-20(13-11-19)14-15-22-23-17-21(18-24-22)25-16-8-6-4-2/h10-13,17-18H,3-9,16H2,1-2H3. The van der Waals surface area contributed by atoms with Crippen molar-refractivity contribution in [1.82, 2.24) is 9.97 Å². The second kappa shape index (κ2) is 11.3. The van der Waals surface area contributed by atoms with Gasteiger partial charge >= 0.3 is 0 Å². The van der Waals surface area contributed by atoms with Gasteiger partial charge in [-0.3, -0.25) is 0 Å². The minimum atomic E-state index is 0.521. The molecule has 1 aromatic carbocycles. The van der Waals surface area contributed by atoms with Crippen LogP contribution in [0.3, 0.4) is 0 Å². The smallest absolute Gasteiger partial charge is 0.205 e. The average Bonchev–Trinajstić information content (AvgIpc) is 2.66. The molecule has 0 aliphatic heterocycles. The van der Waals surface area contributed by atoms with Crippen molar-refractivity contribution in [3.05, 3.63) is 53.6 Å². The number of nitrogens with zero attached hydrogens (tertiary/aromatic N) is 2. The molecule has 0 aliphatic carbocycles. The number of benzene rings is 1. The first-order chi connectivity index (χ1) is 12.3. The lowest BCUT2D eigenvalue weighted by atomic mass is 10.1. The Labute approximate surface area is 151 Å². The van der Waals surface area contributed by atoms with Crippen molar-refractivity contribution in [3.8, 4) is 17.6 Å². The van der Waals surface area contributed by atoms with Crippen LogP contribution in [-0.2, 0) is 6.42 Å². The fraction of sp³-hybridized carbons (Fsp3) is 0.455. The zero-order chi connectivity index (χ0) is 17.7. The molecule has 0 fully saturated rings. The zero-order valence-corrected chi connectivity index (χ0v) is 15.4. The first-order valence-electron chi connectivity index (χ1n) is 9.37. The summed E-state index contributed by atoms with van der Waals surface area (Å²) in [7, 11) is 0. The van der Waals surface area contributed by atoms with Crippen molar-refractivity contribution >= 4 is 0 Å². The lowest BCUT2D eigenvalue weighted by molar-refractivity contribution is 0.304. The third-order valence-electron chi connectivity index (χ3n) is 3.99. The topological polar surface area (TPSA) is 35.0 Å². The fourth-order valence-corrected chi connectivity index (χ4v) is 2.46. The average molecular weight is 336 g/mol. The van der Waals surface area contributed by atoms with Crippen LogP contribution < -0.4 is 4.74 Å². The molecule has 0 saturated heterocycles. The van der Waals surface area contributed by atoms with E-state index in [1.807, 2.05) is 0 Å². The van der Waals surface area contributed by atoms with Gasteiger partial charge in [0.25, 0.3) is 0 Å². The van der Waals surface area contributed by atoms with E-state index in [9.17, 15) is 0 Å². The van der Waals surface area contributed by atoms with Gasteiger partial charge in [0.1, 0.15) is 0 Å². The number of rotatable bonds is 9. The second-order valence-corrected chi connectivity index (χ2v) is 6.20. The highest BCUT2D eigenvalue weighted by Gasteiger charge is 1.97. The molecule has 1 heterocycles. The number of hydrogen-bond acceptors (Lipinski definition) is 3. The molecule has 0 radical (unpaired) electrons. The molecule has 2 rings (SSSR count). The predicted molar refractivity (Wildman–Crippen MR) is 103 cm³/mol. The summed E-state index contributed by atoms with van der Waals surface area (Å²) in [5.74, 6) is 7.36. The molecule has 0 spiro atoms. The number of aromatic nitrogens is 2. The minimum absolute atomic E-state index is 0.521. The van der Waals surface area contributed by atoms with Gasteiger partial charge in [0.15, 0.2) is 5.75 Å². The van der Waals surface area contributed by atoms with Gasteiger partial charge in [0.05, 0.1) is 19.0 Å². The number of hydrogen-bond donors (Lipinski definition) is 0. The van der Waals surface area contributed by atoms with Gasteiger partial charge in [-0.25, -0.2) is 9.97 Å². The molecular formula is C22H28N2O. The maximum Gasteiger partial charge on any atom is 0.205 e. The van der Waals surface area contributed by atoms with Gasteiger partial charge in [0, 0.05) is 5.56 Å². The van der Waals surface area contributed by atoms with Crippen LogP contribution in [0.5, 0.6) is 5.75 Å². The Balaban J connectivity index is 1.85. The van der Waals surface area contributed by atoms with E-state index in [0.717, 1.165) is 18.4 Å². The highest BCUT2D eigenvalue weighted by atomic mass is 16.5. The summed E-state index contributed by atoms with van der Waals surface area (Å²) in [6, 6.07) is 8.46. The predicted octanol–water partition coefficient (Wildman–Crippen LogP) is 5.18. The summed E-state index contributed by atoms with van der Waals surface area (Å²) < 4.78 is 5.61. The quantitative estimate of drug-likeness (QED) is 0.467. The maximum absolute atomic E-state index is 5.61. The summed E-state index contributed by atoms with van der Waals surface area (Å²) >= 11 is 0. The Morgan fingerprint density at radius 1 is 0.840 bits per heavy atom. The molecular weight excluding hydrogens is 308 g/mol. The Morgan fingerprint density at radius 3 is 2.20 bits per heavy atom. The van der Waals surface area contributed by atoms with Gasteiger partial charge in [-0.15, -0.1) is 0 Å². The highest BCUT2D eigenvalue weighted by Crippen LogP contribution is 2.09. The van der Waals surface area contributed by atoms with Gasteiger partial charge in [-0.1, -0.05) is 57.6 Å². The molecule has 132 valence electrons. The molecule has 0 amide bonds. The van der Waals surface area contributed by atoms with Crippen molar-refractivity contribution < 1.29 is 4.74 Å². The summed E-state index contributed by atoms with van der Waals surface area (Å²) in [6.07, 6.45) is 11.8. The van der Waals surface area contributed by atoms with E-state index in [0.29, 0.717) is 18.2 Å². The van der Waals surface area contributed by atoms with E-state index in [1.165, 1.54) is 37.7 Å². The van der Waals surface area contributed by atoms with Crippen molar-refractivity contribution in [3.63, 3.8) is 0 Å². The summed E-state index contributed by atoms with van der Waals surface area (Å²) in [5, 5.41) is 0. The maximum atomic E-state index is 5.61. The Morgan fingerprint density at radius 2 is 1.52 bits per heavy atom. The van der Waals surface area contributed by atoms with Crippen molar-refractivity contribution in [1.29, 1.82) is 0 Å². The third kappa shape index (κ3) is 7.39. The normalized spacial score (nSPS) is 10.2. The molecule has 0 atom stereocenters. The van der Waals surface area contributed by atoms with Gasteiger partial charge in [0.2, 0.25) is 5.82 Å². The third-order valence-corrected chi connectivity index (χ3v) is 3.99. The molecule has 2 aromatic rings. The Bertz CT molecular complexity index is 666. The SMILES string of the molecule is CCCCCOc1cnc(C#Cc2ccc(CCCCC)cc2)nc1. The van der Waals surface area contributed by atoms with E-state index in [2.05, 4.69) is 59.9 Å². The fourth-order valence-electron chi connectivity index (χ4n) is 2.46. The monoisotopic (exact) mass is 336 g/mol. The van der Waals surface area contributed by atoms with E-state index in [1.54, 1.807) is 12.4 Å². The van der Waals surface area contributed by atoms with Gasteiger partial charge in [-0.2, -0.15) is 0 Å². The van der Waals surface area contributed by atoms with E-state index in [4.69, 9.17) is 4.74 Å². The Kier molecular flexibility index (Phi) is 8.55. The first-order valence-corrected chi connectivity index (χ1v) is 9.37. The molecule has 3 nitrogen and oxygen atoms in total. The lowest BCUT2D eigenvalue weighted by Gasteiger charge is -2.03. The van der Waals surface area contributed by atoms with Crippen LogP contribution in [0.4, 0.5) is 0 Å². The lowest BCUT2D eigenvalue weighted by Crippen LogP contribution is -1.99. The van der Waals surface area contributed by atoms with Crippen LogP contribution in [-0.4, -0.2) is 16.6 Å². The zero-order valence-electron chi connectivity index (χ0n) is 15.4. The first kappa shape index (κ1) is 19.0. The molecule has 0 bridgehead atoms. The minimum Gasteiger partial charge on any atom is -0.490 e. The van der Waals surface area contributed by atoms with Gasteiger partial charge in [-0.05, 0) is 42.9 Å². The molecule has 0 N–H and O–H groups in total. The van der Waals surface area contributed by atoms with Crippen molar-refractivity contribution in [2.75, 3.05) is 6.61 Å². The van der Waals surface area contributed by atoms with Crippen LogP contribution in [0, 0.1) is 11.8 Å². The van der Waals surface area contributed by atoms with E-state index >= 15 is 0 Å². The molecule has 0 unspecified atom stereocenters. The largest absolute Gasteiger partial charge is 0.490 e. The second-order valence-electron chi connectivity index (χ2n) is 6.20.